The molecule has 8 heteroatoms. The maximum absolute atomic E-state index is 12.8. The van der Waals surface area contributed by atoms with Gasteiger partial charge in [0.05, 0.1) is 0 Å². The van der Waals surface area contributed by atoms with Gasteiger partial charge in [-0.1, -0.05) is 11.8 Å². The fourth-order valence-electron chi connectivity index (χ4n) is 3.74. The van der Waals surface area contributed by atoms with Crippen LogP contribution in [0, 0.1) is 11.8 Å². The highest BCUT2D eigenvalue weighted by Crippen LogP contribution is 2.17. The first-order valence-electron chi connectivity index (χ1n) is 11.1. The number of hydrogen-bond acceptors (Lipinski definition) is 6. The molecule has 3 rings (SSSR count). The average molecular weight is 463 g/mol. The van der Waals surface area contributed by atoms with Crippen molar-refractivity contribution in [2.75, 3.05) is 58.8 Å². The Bertz CT molecular complexity index is 1060. The van der Waals surface area contributed by atoms with E-state index in [1.165, 1.54) is 19.8 Å². The van der Waals surface area contributed by atoms with Crippen LogP contribution in [0.25, 0.3) is 0 Å². The topological polar surface area (TPSA) is 93.2 Å². The Morgan fingerprint density at radius 2 is 1.50 bits per heavy atom. The molecule has 34 heavy (non-hydrogen) atoms. The van der Waals surface area contributed by atoms with E-state index in [4.69, 9.17) is 5.11 Å². The van der Waals surface area contributed by atoms with Crippen molar-refractivity contribution >= 4 is 23.3 Å². The van der Waals surface area contributed by atoms with Crippen molar-refractivity contribution < 1.29 is 19.5 Å². The number of piperazine rings is 1. The number of hydrogen-bond donors (Lipinski definition) is 2. The number of anilines is 1. The van der Waals surface area contributed by atoms with Crippen molar-refractivity contribution in [3.05, 3.63) is 65.2 Å². The van der Waals surface area contributed by atoms with Crippen LogP contribution in [0.3, 0.4) is 0 Å². The lowest BCUT2D eigenvalue weighted by molar-refractivity contribution is -0.135. The lowest BCUT2D eigenvalue weighted by Gasteiger charge is -2.34. The highest BCUT2D eigenvalue weighted by molar-refractivity contribution is 6.10. The maximum atomic E-state index is 12.8. The highest BCUT2D eigenvalue weighted by Gasteiger charge is 2.32. The lowest BCUT2D eigenvalue weighted by atomic mass is 10.1. The molecule has 1 saturated heterocycles. The molecule has 2 aromatic rings. The van der Waals surface area contributed by atoms with Gasteiger partial charge in [-0.25, -0.2) is 0 Å². The molecule has 1 aliphatic rings. The maximum Gasteiger partial charge on any atom is 0.254 e. The Morgan fingerprint density at radius 1 is 0.971 bits per heavy atom. The van der Waals surface area contributed by atoms with Gasteiger partial charge in [-0.15, -0.1) is 0 Å². The number of likely N-dealkylation sites (N-methyl/N-ethyl adjacent to an activating group) is 3. The molecular formula is C26H30N4O4. The van der Waals surface area contributed by atoms with E-state index in [1.807, 2.05) is 12.1 Å². The van der Waals surface area contributed by atoms with Gasteiger partial charge in [0.15, 0.2) is 11.8 Å². The van der Waals surface area contributed by atoms with Crippen LogP contribution in [-0.4, -0.2) is 92.5 Å². The van der Waals surface area contributed by atoms with Crippen molar-refractivity contribution in [2.45, 2.75) is 6.04 Å². The molecule has 0 aromatic heterocycles. The van der Waals surface area contributed by atoms with Gasteiger partial charge in [0.25, 0.3) is 5.91 Å². The van der Waals surface area contributed by atoms with Crippen molar-refractivity contribution in [3.63, 3.8) is 0 Å². The Labute approximate surface area is 200 Å². The van der Waals surface area contributed by atoms with E-state index in [0.717, 1.165) is 42.2 Å². The van der Waals surface area contributed by atoms with E-state index in [0.29, 0.717) is 5.56 Å². The number of carbonyl (C=O) groups excluding carboxylic acids is 3. The van der Waals surface area contributed by atoms with Gasteiger partial charge in [0, 0.05) is 62.7 Å². The Morgan fingerprint density at radius 3 is 2.00 bits per heavy atom. The third-order valence-electron chi connectivity index (χ3n) is 5.88. The van der Waals surface area contributed by atoms with Crippen molar-refractivity contribution in [3.8, 4) is 11.8 Å². The van der Waals surface area contributed by atoms with Crippen LogP contribution < -0.4 is 10.2 Å². The Kier molecular flexibility index (Phi) is 8.41. The number of aliphatic hydroxyl groups is 1. The number of nitrogens with one attached hydrogen (secondary N) is 1. The van der Waals surface area contributed by atoms with Crippen LogP contribution in [0.4, 0.5) is 5.69 Å². The summed E-state index contributed by atoms with van der Waals surface area (Å²) in [6.07, 6.45) is 0. The first kappa shape index (κ1) is 25.0. The Hall–Kier alpha value is -3.67. The minimum absolute atomic E-state index is 0.309. The number of amides is 2. The molecule has 1 atom stereocenters. The molecule has 0 spiro atoms. The second-order valence-electron chi connectivity index (χ2n) is 8.22. The summed E-state index contributed by atoms with van der Waals surface area (Å²) in [7, 11) is 4.86. The molecule has 0 saturated carbocycles. The number of Topliss-reactive ketones (excluding diaryl/α,β-unsaturated/α-hetero) is 1. The molecule has 2 N–H and O–H groups in total. The molecule has 1 fully saturated rings. The zero-order valence-electron chi connectivity index (χ0n) is 19.7. The van der Waals surface area contributed by atoms with Crippen molar-refractivity contribution in [2.24, 2.45) is 0 Å². The number of rotatable bonds is 6. The van der Waals surface area contributed by atoms with Gasteiger partial charge in [-0.05, 0) is 55.6 Å². The molecule has 0 bridgehead atoms. The van der Waals surface area contributed by atoms with E-state index in [9.17, 15) is 14.4 Å². The summed E-state index contributed by atoms with van der Waals surface area (Å²) < 4.78 is 0. The summed E-state index contributed by atoms with van der Waals surface area (Å²) >= 11 is 0. The minimum atomic E-state index is -1.39. The second-order valence-corrected chi connectivity index (χ2v) is 8.22. The lowest BCUT2D eigenvalue weighted by Crippen LogP contribution is -2.52. The van der Waals surface area contributed by atoms with E-state index < -0.39 is 30.2 Å². The standard InChI is InChI=1S/C26H30N4O4/c1-27-25(33)24(23(32)18-31)29(3)26(34)21-10-6-19(7-11-21)4-5-20-8-12-22(13-9-20)30-16-14-28(2)15-17-30/h6-13,24,31H,14-18H2,1-3H3,(H,27,33). The number of benzene rings is 2. The molecule has 1 unspecified atom stereocenters. The van der Waals surface area contributed by atoms with Crippen molar-refractivity contribution in [1.82, 2.24) is 15.1 Å². The smallest absolute Gasteiger partial charge is 0.254 e. The third kappa shape index (κ3) is 6.01. The molecule has 178 valence electrons. The zero-order chi connectivity index (χ0) is 24.7. The third-order valence-corrected chi connectivity index (χ3v) is 5.88. The molecule has 1 heterocycles. The van der Waals surface area contributed by atoms with E-state index in [2.05, 4.69) is 46.1 Å². The van der Waals surface area contributed by atoms with Crippen LogP contribution in [0.5, 0.6) is 0 Å². The Balaban J connectivity index is 1.66. The summed E-state index contributed by atoms with van der Waals surface area (Å²) in [5, 5.41) is 11.5. The minimum Gasteiger partial charge on any atom is -0.388 e. The summed E-state index contributed by atoms with van der Waals surface area (Å²) in [6.45, 7) is 3.31. The van der Waals surface area contributed by atoms with Crippen LogP contribution in [0.15, 0.2) is 48.5 Å². The molecule has 2 aromatic carbocycles. The van der Waals surface area contributed by atoms with Gasteiger partial charge in [0.1, 0.15) is 6.61 Å². The summed E-state index contributed by atoms with van der Waals surface area (Å²) in [4.78, 5) is 42.5. The molecule has 0 radical (unpaired) electrons. The quantitative estimate of drug-likeness (QED) is 0.482. The number of ketones is 1. The molecule has 2 amide bonds. The SMILES string of the molecule is CNC(=O)C(C(=O)CO)N(C)C(=O)c1ccc(C#Cc2ccc(N3CCN(C)CC3)cc2)cc1. The average Bonchev–Trinajstić information content (AvgIpc) is 2.87. The van der Waals surface area contributed by atoms with Crippen LogP contribution in [0.2, 0.25) is 0 Å². The first-order valence-corrected chi connectivity index (χ1v) is 11.1. The first-order chi connectivity index (χ1) is 16.3. The monoisotopic (exact) mass is 462 g/mol. The largest absolute Gasteiger partial charge is 0.388 e. The predicted octanol–water partition coefficient (Wildman–Crippen LogP) is 0.586. The van der Waals surface area contributed by atoms with Gasteiger partial charge in [-0.3, -0.25) is 14.4 Å². The summed E-state index contributed by atoms with van der Waals surface area (Å²) in [5.74, 6) is 4.31. The van der Waals surface area contributed by atoms with E-state index in [1.54, 1.807) is 24.3 Å². The summed E-state index contributed by atoms with van der Waals surface area (Å²) in [6, 6.07) is 13.4. The highest BCUT2D eigenvalue weighted by atomic mass is 16.3. The van der Waals surface area contributed by atoms with Crippen LogP contribution in [-0.2, 0) is 9.59 Å². The van der Waals surface area contributed by atoms with Gasteiger partial charge in [0.2, 0.25) is 5.91 Å². The molecule has 0 aliphatic carbocycles. The van der Waals surface area contributed by atoms with Crippen molar-refractivity contribution in [1.29, 1.82) is 0 Å². The number of aliphatic hydroxyl groups excluding tert-OH is 1. The van der Waals surface area contributed by atoms with Gasteiger partial charge in [-0.2, -0.15) is 0 Å². The fraction of sp³-hybridized carbons (Fsp3) is 0.346. The molecule has 8 nitrogen and oxygen atoms in total. The fourth-order valence-corrected chi connectivity index (χ4v) is 3.74. The molecular weight excluding hydrogens is 432 g/mol. The van der Waals surface area contributed by atoms with Crippen LogP contribution >= 0.6 is 0 Å². The number of nitrogens with zero attached hydrogens (tertiary/aromatic N) is 3. The van der Waals surface area contributed by atoms with E-state index >= 15 is 0 Å². The zero-order valence-corrected chi connectivity index (χ0v) is 19.7. The van der Waals surface area contributed by atoms with Gasteiger partial charge >= 0.3 is 0 Å². The second kappa shape index (κ2) is 11.5. The van der Waals surface area contributed by atoms with Gasteiger partial charge < -0.3 is 25.1 Å². The molecule has 1 aliphatic heterocycles. The number of carbonyl (C=O) groups is 3. The van der Waals surface area contributed by atoms with Crippen LogP contribution in [0.1, 0.15) is 21.5 Å². The van der Waals surface area contributed by atoms with E-state index in [-0.39, 0.29) is 0 Å². The predicted molar refractivity (Wildman–Crippen MR) is 131 cm³/mol. The normalized spacial score (nSPS) is 14.5. The summed E-state index contributed by atoms with van der Waals surface area (Å²) in [5.41, 5.74) is 3.13.